The molecule has 208 valence electrons. The third-order valence-electron chi connectivity index (χ3n) is 6.31. The fraction of sp³-hybridized carbons (Fsp3) is 0.333. The highest BCUT2D eigenvalue weighted by Crippen LogP contribution is 2.28. The molecule has 0 spiro atoms. The Balaban J connectivity index is 2.08. The van der Waals surface area contributed by atoms with Gasteiger partial charge in [0.1, 0.15) is 12.6 Å². The zero-order valence-corrected chi connectivity index (χ0v) is 24.6. The molecule has 0 aromatic heterocycles. The number of nitrogens with zero attached hydrogens (tertiary/aromatic N) is 2. The summed E-state index contributed by atoms with van der Waals surface area (Å²) >= 11 is 6.06. The van der Waals surface area contributed by atoms with Crippen LogP contribution in [0.4, 0.5) is 5.69 Å². The average Bonchev–Trinajstić information content (AvgIpc) is 2.88. The third kappa shape index (κ3) is 7.61. The van der Waals surface area contributed by atoms with Crippen LogP contribution in [0.15, 0.2) is 77.7 Å². The number of rotatable bonds is 11. The first-order chi connectivity index (χ1) is 18.4. The number of aryl methyl sites for hydroxylation is 2. The molecule has 0 heterocycles. The number of hydrogen-bond acceptors (Lipinski definition) is 4. The fourth-order valence-corrected chi connectivity index (χ4v) is 6.03. The number of nitrogens with one attached hydrogen (secondary N) is 1. The van der Waals surface area contributed by atoms with Gasteiger partial charge in [-0.1, -0.05) is 66.6 Å². The van der Waals surface area contributed by atoms with E-state index in [1.165, 1.54) is 17.0 Å². The van der Waals surface area contributed by atoms with Crippen molar-refractivity contribution in [2.24, 2.45) is 0 Å². The lowest BCUT2D eigenvalue weighted by Crippen LogP contribution is -2.53. The molecule has 0 saturated carbocycles. The fourth-order valence-electron chi connectivity index (χ4n) is 4.40. The van der Waals surface area contributed by atoms with E-state index in [1.807, 2.05) is 46.8 Å². The molecular formula is C30H36ClN3O4S. The Morgan fingerprint density at radius 1 is 0.949 bits per heavy atom. The van der Waals surface area contributed by atoms with E-state index in [9.17, 15) is 18.0 Å². The quantitative estimate of drug-likeness (QED) is 0.331. The molecule has 3 aromatic carbocycles. The van der Waals surface area contributed by atoms with Crippen molar-refractivity contribution in [1.29, 1.82) is 0 Å². The minimum atomic E-state index is -4.10. The molecule has 1 N–H and O–H groups in total. The molecular weight excluding hydrogens is 534 g/mol. The van der Waals surface area contributed by atoms with Crippen LogP contribution in [0, 0.1) is 13.8 Å². The minimum Gasteiger partial charge on any atom is -0.352 e. The lowest BCUT2D eigenvalue weighted by atomic mass is 10.1. The Hall–Kier alpha value is -3.36. The molecule has 0 aliphatic heterocycles. The van der Waals surface area contributed by atoms with Gasteiger partial charge in [0.2, 0.25) is 11.8 Å². The summed E-state index contributed by atoms with van der Waals surface area (Å²) in [5.74, 6) is -0.783. The van der Waals surface area contributed by atoms with E-state index in [4.69, 9.17) is 11.6 Å². The monoisotopic (exact) mass is 569 g/mol. The van der Waals surface area contributed by atoms with Crippen LogP contribution in [0.1, 0.15) is 43.9 Å². The van der Waals surface area contributed by atoms with Crippen LogP contribution in [-0.2, 0) is 26.2 Å². The molecule has 9 heteroatoms. The number of halogens is 1. The van der Waals surface area contributed by atoms with Crippen molar-refractivity contribution in [3.05, 3.63) is 94.5 Å². The second-order valence-corrected chi connectivity index (χ2v) is 12.1. The second-order valence-electron chi connectivity index (χ2n) is 9.85. The molecule has 0 aliphatic carbocycles. The number of carbonyl (C=O) groups excluding carboxylic acids is 2. The van der Waals surface area contributed by atoms with E-state index in [-0.39, 0.29) is 23.4 Å². The molecule has 0 radical (unpaired) electrons. The molecule has 0 unspecified atom stereocenters. The van der Waals surface area contributed by atoms with Gasteiger partial charge < -0.3 is 10.2 Å². The van der Waals surface area contributed by atoms with Crippen LogP contribution < -0.4 is 9.62 Å². The molecule has 0 saturated heterocycles. The zero-order valence-electron chi connectivity index (χ0n) is 23.0. The Morgan fingerprint density at radius 3 is 2.15 bits per heavy atom. The van der Waals surface area contributed by atoms with E-state index < -0.39 is 28.5 Å². The maximum Gasteiger partial charge on any atom is 0.264 e. The summed E-state index contributed by atoms with van der Waals surface area (Å²) < 4.78 is 28.9. The minimum absolute atomic E-state index is 0.0756. The van der Waals surface area contributed by atoms with Gasteiger partial charge in [0.25, 0.3) is 10.0 Å². The molecule has 39 heavy (non-hydrogen) atoms. The van der Waals surface area contributed by atoms with Crippen LogP contribution in [0.5, 0.6) is 0 Å². The second kappa shape index (κ2) is 13.1. The molecule has 3 aromatic rings. The van der Waals surface area contributed by atoms with Crippen molar-refractivity contribution < 1.29 is 18.0 Å². The van der Waals surface area contributed by atoms with Crippen molar-refractivity contribution in [1.82, 2.24) is 10.2 Å². The molecule has 3 rings (SSSR count). The van der Waals surface area contributed by atoms with Crippen LogP contribution in [-0.4, -0.2) is 43.8 Å². The van der Waals surface area contributed by atoms with Gasteiger partial charge >= 0.3 is 0 Å². The first-order valence-electron chi connectivity index (χ1n) is 12.9. The first kappa shape index (κ1) is 30.2. The van der Waals surface area contributed by atoms with Gasteiger partial charge in [-0.05, 0) is 75.6 Å². The lowest BCUT2D eigenvalue weighted by Gasteiger charge is -2.34. The largest absolute Gasteiger partial charge is 0.352 e. The molecule has 1 atom stereocenters. The highest BCUT2D eigenvalue weighted by Gasteiger charge is 2.34. The Morgan fingerprint density at radius 2 is 1.59 bits per heavy atom. The van der Waals surface area contributed by atoms with E-state index in [0.717, 1.165) is 21.0 Å². The summed E-state index contributed by atoms with van der Waals surface area (Å²) in [6.45, 7) is 8.91. The van der Waals surface area contributed by atoms with Crippen LogP contribution in [0.2, 0.25) is 5.02 Å². The summed E-state index contributed by atoms with van der Waals surface area (Å²) in [5.41, 5.74) is 2.87. The number of amides is 2. The van der Waals surface area contributed by atoms with Gasteiger partial charge in [0, 0.05) is 17.6 Å². The standard InChI is InChI=1S/C30H36ClN3O4S/c1-6-27(30(36)32-21(2)3)33(19-24-13-15-25(31)16-14-24)29(35)20-34(28-17-12-22(4)18-23(28)5)39(37,38)26-10-8-7-9-11-26/h7-18,21,27H,6,19-20H2,1-5H3,(H,32,36)/t27-/m1/s1. The van der Waals surface area contributed by atoms with Gasteiger partial charge in [-0.15, -0.1) is 0 Å². The van der Waals surface area contributed by atoms with Gasteiger partial charge in [0.15, 0.2) is 0 Å². The predicted octanol–water partition coefficient (Wildman–Crippen LogP) is 5.48. The van der Waals surface area contributed by atoms with E-state index in [1.54, 1.807) is 48.5 Å². The normalized spacial score (nSPS) is 12.2. The zero-order chi connectivity index (χ0) is 28.7. The van der Waals surface area contributed by atoms with Gasteiger partial charge in [-0.3, -0.25) is 13.9 Å². The van der Waals surface area contributed by atoms with Gasteiger partial charge in [-0.2, -0.15) is 0 Å². The number of sulfonamides is 1. The number of carbonyl (C=O) groups is 2. The summed E-state index contributed by atoms with van der Waals surface area (Å²) in [6, 6.07) is 19.5. The Bertz CT molecular complexity index is 1390. The van der Waals surface area contributed by atoms with Crippen molar-refractivity contribution >= 4 is 39.1 Å². The number of hydrogen-bond donors (Lipinski definition) is 1. The van der Waals surface area contributed by atoms with Crippen LogP contribution >= 0.6 is 11.6 Å². The van der Waals surface area contributed by atoms with E-state index in [0.29, 0.717) is 17.1 Å². The van der Waals surface area contributed by atoms with Gasteiger partial charge in [0.05, 0.1) is 10.6 Å². The lowest BCUT2D eigenvalue weighted by molar-refractivity contribution is -0.140. The smallest absolute Gasteiger partial charge is 0.264 e. The number of anilines is 1. The third-order valence-corrected chi connectivity index (χ3v) is 8.34. The maximum absolute atomic E-state index is 14.1. The van der Waals surface area contributed by atoms with Gasteiger partial charge in [-0.25, -0.2) is 8.42 Å². The summed E-state index contributed by atoms with van der Waals surface area (Å²) in [5, 5.41) is 3.45. The summed E-state index contributed by atoms with van der Waals surface area (Å²) in [6.07, 6.45) is 0.354. The topological polar surface area (TPSA) is 86.8 Å². The molecule has 0 aliphatic rings. The van der Waals surface area contributed by atoms with Crippen LogP contribution in [0.3, 0.4) is 0 Å². The highest BCUT2D eigenvalue weighted by molar-refractivity contribution is 7.92. The molecule has 7 nitrogen and oxygen atoms in total. The van der Waals surface area contributed by atoms with Crippen LogP contribution in [0.25, 0.3) is 0 Å². The molecule has 2 amide bonds. The van der Waals surface area contributed by atoms with E-state index in [2.05, 4.69) is 5.32 Å². The van der Waals surface area contributed by atoms with E-state index >= 15 is 0 Å². The Kier molecular flexibility index (Phi) is 10.2. The van der Waals surface area contributed by atoms with Crippen molar-refractivity contribution in [2.75, 3.05) is 10.8 Å². The first-order valence-corrected chi connectivity index (χ1v) is 14.7. The summed E-state index contributed by atoms with van der Waals surface area (Å²) in [4.78, 5) is 28.8. The molecule has 0 fully saturated rings. The van der Waals surface area contributed by atoms with Crippen molar-refractivity contribution in [2.45, 2.75) is 64.6 Å². The highest BCUT2D eigenvalue weighted by atomic mass is 35.5. The number of benzene rings is 3. The maximum atomic E-state index is 14.1. The van der Waals surface area contributed by atoms with Crippen molar-refractivity contribution in [3.8, 4) is 0 Å². The average molecular weight is 570 g/mol. The Labute approximate surface area is 236 Å². The van der Waals surface area contributed by atoms with Crippen molar-refractivity contribution in [3.63, 3.8) is 0 Å². The predicted molar refractivity (Wildman–Crippen MR) is 156 cm³/mol. The summed E-state index contributed by atoms with van der Waals surface area (Å²) in [7, 11) is -4.10. The molecule has 0 bridgehead atoms. The SMILES string of the molecule is CC[C@H](C(=O)NC(C)C)N(Cc1ccc(Cl)cc1)C(=O)CN(c1ccc(C)cc1C)S(=O)(=O)c1ccccc1.